The molecule has 1 aromatic heterocycles. The highest BCUT2D eigenvalue weighted by Gasteiger charge is 2.15. The van der Waals surface area contributed by atoms with E-state index in [1.165, 1.54) is 18.2 Å². The van der Waals surface area contributed by atoms with Gasteiger partial charge in [-0.1, -0.05) is 30.3 Å². The van der Waals surface area contributed by atoms with E-state index in [1.807, 2.05) is 44.2 Å². The van der Waals surface area contributed by atoms with E-state index in [-0.39, 0.29) is 17.9 Å². The number of hydrazone groups is 1. The number of nitrogens with zero attached hydrogens (tertiary/aromatic N) is 3. The molecule has 4 rings (SSSR count). The van der Waals surface area contributed by atoms with Crippen LogP contribution in [0, 0.1) is 29.8 Å². The number of benzene rings is 3. The van der Waals surface area contributed by atoms with Crippen molar-refractivity contribution in [2.24, 2.45) is 5.10 Å². The predicted molar refractivity (Wildman–Crippen MR) is 139 cm³/mol. The molecule has 0 saturated carbocycles. The zero-order valence-corrected chi connectivity index (χ0v) is 20.3. The molecule has 37 heavy (non-hydrogen) atoms. The molecule has 0 radical (unpaired) electrons. The van der Waals surface area contributed by atoms with Gasteiger partial charge in [0.15, 0.2) is 0 Å². The molecule has 0 aliphatic heterocycles. The first-order valence-corrected chi connectivity index (χ1v) is 11.5. The molecule has 0 bridgehead atoms. The van der Waals surface area contributed by atoms with E-state index >= 15 is 0 Å². The Morgan fingerprint density at radius 2 is 1.78 bits per heavy atom. The lowest BCUT2D eigenvalue weighted by Gasteiger charge is -2.11. The minimum Gasteiger partial charge on any atom is -0.489 e. The third-order valence-electron chi connectivity index (χ3n) is 5.82. The molecule has 3 aromatic carbocycles. The van der Waals surface area contributed by atoms with Crippen LogP contribution in [0.1, 0.15) is 28.1 Å². The fourth-order valence-corrected chi connectivity index (χ4v) is 3.98. The highest BCUT2D eigenvalue weighted by molar-refractivity contribution is 5.85. The van der Waals surface area contributed by atoms with Crippen LogP contribution < -0.4 is 10.2 Å². The van der Waals surface area contributed by atoms with Crippen LogP contribution in [0.25, 0.3) is 5.69 Å². The van der Waals surface area contributed by atoms with Gasteiger partial charge in [0.25, 0.3) is 5.69 Å². The highest BCUT2D eigenvalue weighted by Crippen LogP contribution is 2.23. The summed E-state index contributed by atoms with van der Waals surface area (Å²) in [7, 11) is 0. The molecule has 0 fully saturated rings. The number of aromatic nitrogens is 1. The lowest BCUT2D eigenvalue weighted by atomic mass is 10.1. The number of nitro groups is 1. The van der Waals surface area contributed by atoms with E-state index in [2.05, 4.69) is 15.1 Å². The Balaban J connectivity index is 1.39. The number of amides is 1. The molecular formula is C28H25FN4O4. The molecule has 0 spiro atoms. The second-order valence-electron chi connectivity index (χ2n) is 8.43. The monoisotopic (exact) mass is 500 g/mol. The molecule has 9 heteroatoms. The first kappa shape index (κ1) is 25.3. The number of carbonyl (C=O) groups excluding carboxylic acids is 1. The number of ether oxygens (including phenoxy) is 1. The lowest BCUT2D eigenvalue weighted by Crippen LogP contribution is -2.20. The topological polar surface area (TPSA) is 98.8 Å². The normalized spacial score (nSPS) is 11.0. The summed E-state index contributed by atoms with van der Waals surface area (Å²) in [6, 6.07) is 21.9. The number of rotatable bonds is 9. The van der Waals surface area contributed by atoms with Gasteiger partial charge in [0, 0.05) is 34.3 Å². The van der Waals surface area contributed by atoms with Crippen molar-refractivity contribution < 1.29 is 18.8 Å². The molecule has 4 aromatic rings. The van der Waals surface area contributed by atoms with E-state index < -0.39 is 10.8 Å². The summed E-state index contributed by atoms with van der Waals surface area (Å²) in [4.78, 5) is 22.9. The van der Waals surface area contributed by atoms with Crippen LogP contribution in [0.15, 0.2) is 84.0 Å². The second kappa shape index (κ2) is 11.3. The Morgan fingerprint density at radius 1 is 1.08 bits per heavy atom. The van der Waals surface area contributed by atoms with Crippen molar-refractivity contribution in [3.8, 4) is 11.4 Å². The SMILES string of the molecule is Cc1cc(/C=N/NC(=O)Cc2ccccc2[N+](=O)[O-])c(C)n1-c1ccc(OCc2ccc(F)cc2)cc1. The van der Waals surface area contributed by atoms with Crippen LogP contribution >= 0.6 is 0 Å². The zero-order valence-electron chi connectivity index (χ0n) is 20.3. The number of nitrogens with one attached hydrogen (secondary N) is 1. The van der Waals surface area contributed by atoms with Crippen molar-refractivity contribution in [1.82, 2.24) is 9.99 Å². The molecule has 0 atom stereocenters. The van der Waals surface area contributed by atoms with Gasteiger partial charge in [-0.2, -0.15) is 5.10 Å². The molecule has 188 valence electrons. The fraction of sp³-hybridized carbons (Fsp3) is 0.143. The summed E-state index contributed by atoms with van der Waals surface area (Å²) in [6.45, 7) is 4.25. The van der Waals surface area contributed by atoms with Gasteiger partial charge in [0.1, 0.15) is 18.2 Å². The summed E-state index contributed by atoms with van der Waals surface area (Å²) in [5, 5.41) is 15.2. The van der Waals surface area contributed by atoms with Gasteiger partial charge in [0.05, 0.1) is 17.6 Å². The van der Waals surface area contributed by atoms with E-state index in [0.717, 1.165) is 28.2 Å². The summed E-state index contributed by atoms with van der Waals surface area (Å²) in [6.07, 6.45) is 1.40. The van der Waals surface area contributed by atoms with Crippen molar-refractivity contribution in [1.29, 1.82) is 0 Å². The maximum Gasteiger partial charge on any atom is 0.273 e. The molecule has 0 saturated heterocycles. The van der Waals surface area contributed by atoms with Crippen LogP contribution in [0.4, 0.5) is 10.1 Å². The molecule has 1 N–H and O–H groups in total. The van der Waals surface area contributed by atoms with Gasteiger partial charge < -0.3 is 9.30 Å². The minimum atomic E-state index is -0.509. The maximum absolute atomic E-state index is 13.1. The van der Waals surface area contributed by atoms with E-state index in [0.29, 0.717) is 17.9 Å². The van der Waals surface area contributed by atoms with E-state index in [9.17, 15) is 19.3 Å². The van der Waals surface area contributed by atoms with Crippen LogP contribution in [0.5, 0.6) is 5.75 Å². The Bertz CT molecular complexity index is 1440. The molecule has 1 heterocycles. The minimum absolute atomic E-state index is 0.1000. The standard InChI is InChI=1S/C28H25FN4O4/c1-19-15-23(17-30-31-28(34)16-22-5-3-4-6-27(22)33(35)36)20(2)32(19)25-11-13-26(14-12-25)37-18-21-7-9-24(29)10-8-21/h3-15,17H,16,18H2,1-2H3,(H,31,34)/b30-17+. The fourth-order valence-electron chi connectivity index (χ4n) is 3.98. The summed E-state index contributed by atoms with van der Waals surface area (Å²) in [5.74, 6) is -0.0369. The largest absolute Gasteiger partial charge is 0.489 e. The van der Waals surface area contributed by atoms with Crippen molar-refractivity contribution >= 4 is 17.8 Å². The number of aryl methyl sites for hydroxylation is 1. The Kier molecular flexibility index (Phi) is 7.73. The third-order valence-corrected chi connectivity index (χ3v) is 5.82. The number of halogens is 1. The quantitative estimate of drug-likeness (QED) is 0.189. The molecule has 0 unspecified atom stereocenters. The highest BCUT2D eigenvalue weighted by atomic mass is 19.1. The average Bonchev–Trinajstić information content (AvgIpc) is 3.17. The number of para-hydroxylation sites is 1. The van der Waals surface area contributed by atoms with Gasteiger partial charge >= 0.3 is 0 Å². The van der Waals surface area contributed by atoms with Crippen LogP contribution in [-0.4, -0.2) is 21.6 Å². The van der Waals surface area contributed by atoms with Gasteiger partial charge in [-0.15, -0.1) is 0 Å². The van der Waals surface area contributed by atoms with Crippen LogP contribution in [0.3, 0.4) is 0 Å². The zero-order chi connectivity index (χ0) is 26.4. The molecule has 8 nitrogen and oxygen atoms in total. The molecule has 0 aliphatic carbocycles. The number of nitro benzene ring substituents is 1. The lowest BCUT2D eigenvalue weighted by molar-refractivity contribution is -0.385. The van der Waals surface area contributed by atoms with Crippen molar-refractivity contribution in [2.75, 3.05) is 0 Å². The summed E-state index contributed by atoms with van der Waals surface area (Å²) >= 11 is 0. The first-order chi connectivity index (χ1) is 17.8. The maximum atomic E-state index is 13.1. The Hall–Kier alpha value is -4.79. The third kappa shape index (κ3) is 6.26. The molecule has 1 amide bonds. The Morgan fingerprint density at radius 3 is 2.49 bits per heavy atom. The van der Waals surface area contributed by atoms with Gasteiger partial charge in [0.2, 0.25) is 5.91 Å². The first-order valence-electron chi connectivity index (χ1n) is 11.5. The van der Waals surface area contributed by atoms with Crippen molar-refractivity contribution in [3.05, 3.63) is 123 Å². The van der Waals surface area contributed by atoms with Gasteiger partial charge in [-0.3, -0.25) is 14.9 Å². The van der Waals surface area contributed by atoms with E-state index in [1.54, 1.807) is 36.5 Å². The summed E-state index contributed by atoms with van der Waals surface area (Å²) < 4.78 is 20.9. The van der Waals surface area contributed by atoms with Crippen LogP contribution in [-0.2, 0) is 17.8 Å². The van der Waals surface area contributed by atoms with Gasteiger partial charge in [-0.25, -0.2) is 9.82 Å². The second-order valence-corrected chi connectivity index (χ2v) is 8.43. The average molecular weight is 501 g/mol. The number of hydrogen-bond acceptors (Lipinski definition) is 5. The molecular weight excluding hydrogens is 475 g/mol. The molecule has 0 aliphatic rings. The van der Waals surface area contributed by atoms with E-state index in [4.69, 9.17) is 4.74 Å². The van der Waals surface area contributed by atoms with Crippen LogP contribution in [0.2, 0.25) is 0 Å². The number of hydrogen-bond donors (Lipinski definition) is 1. The Labute approximate surface area is 213 Å². The van der Waals surface area contributed by atoms with Crippen molar-refractivity contribution in [2.45, 2.75) is 26.9 Å². The smallest absolute Gasteiger partial charge is 0.273 e. The summed E-state index contributed by atoms with van der Waals surface area (Å²) in [5.41, 5.74) is 7.20. The van der Waals surface area contributed by atoms with Gasteiger partial charge in [-0.05, 0) is 61.9 Å². The number of carbonyl (C=O) groups is 1. The van der Waals surface area contributed by atoms with Crippen molar-refractivity contribution in [3.63, 3.8) is 0 Å². The predicted octanol–water partition coefficient (Wildman–Crippen LogP) is 5.41.